The topological polar surface area (TPSA) is 42.2 Å². The van der Waals surface area contributed by atoms with E-state index < -0.39 is 5.97 Å². The van der Waals surface area contributed by atoms with Crippen LogP contribution in [0.3, 0.4) is 0 Å². The van der Waals surface area contributed by atoms with Gasteiger partial charge in [0.05, 0.1) is 0 Å². The Morgan fingerprint density at radius 1 is 1.50 bits per heavy atom. The predicted molar refractivity (Wildman–Crippen MR) is 71.5 cm³/mol. The highest BCUT2D eigenvalue weighted by molar-refractivity contribution is 5.91. The van der Waals surface area contributed by atoms with Crippen LogP contribution in [0.15, 0.2) is 18.2 Å². The third kappa shape index (κ3) is 1.86. The molecule has 0 bridgehead atoms. The Kier molecular flexibility index (Phi) is 3.12. The molecule has 0 saturated carbocycles. The lowest BCUT2D eigenvalue weighted by molar-refractivity contribution is -0.136. The van der Waals surface area contributed by atoms with Crippen LogP contribution in [0.5, 0.6) is 0 Å². The summed E-state index contributed by atoms with van der Waals surface area (Å²) in [7, 11) is 1.97. The van der Waals surface area contributed by atoms with Crippen molar-refractivity contribution in [1.29, 1.82) is 0 Å². The molecule has 0 aliphatic carbocycles. The van der Waals surface area contributed by atoms with Gasteiger partial charge >= 0.3 is 5.97 Å². The summed E-state index contributed by atoms with van der Waals surface area (Å²) in [6.45, 7) is 2.00. The van der Waals surface area contributed by atoms with E-state index in [1.54, 1.807) is 0 Å². The van der Waals surface area contributed by atoms with Crippen molar-refractivity contribution < 1.29 is 9.90 Å². The molecule has 0 aliphatic rings. The highest BCUT2D eigenvalue weighted by atomic mass is 16.4. The van der Waals surface area contributed by atoms with Gasteiger partial charge in [-0.05, 0) is 31.0 Å². The molecule has 0 fully saturated rings. The Bertz CT molecular complexity index is 659. The predicted octanol–water partition coefficient (Wildman–Crippen LogP) is 2.49. The first-order chi connectivity index (χ1) is 8.56. The first-order valence-electron chi connectivity index (χ1n) is 5.81. The smallest absolute Gasteiger partial charge is 0.303 e. The van der Waals surface area contributed by atoms with E-state index in [1.807, 2.05) is 32.2 Å². The number of hydrogen-bond donors (Lipinski definition) is 1. The zero-order valence-corrected chi connectivity index (χ0v) is 10.5. The summed E-state index contributed by atoms with van der Waals surface area (Å²) in [6, 6.07) is 5.83. The summed E-state index contributed by atoms with van der Waals surface area (Å²) in [4.78, 5) is 10.7. The second-order valence-electron chi connectivity index (χ2n) is 4.36. The summed E-state index contributed by atoms with van der Waals surface area (Å²) in [5, 5.41) is 9.84. The fourth-order valence-electron chi connectivity index (χ4n) is 2.36. The molecule has 1 N–H and O–H groups in total. The fraction of sp³-hybridized carbons (Fsp3) is 0.267. The minimum Gasteiger partial charge on any atom is -0.481 e. The van der Waals surface area contributed by atoms with Crippen LogP contribution in [0.2, 0.25) is 0 Å². The second-order valence-corrected chi connectivity index (χ2v) is 4.36. The molecule has 0 spiro atoms. The van der Waals surface area contributed by atoms with Crippen molar-refractivity contribution in [2.45, 2.75) is 19.8 Å². The van der Waals surface area contributed by atoms with E-state index in [4.69, 9.17) is 11.5 Å². The third-order valence-electron chi connectivity index (χ3n) is 3.39. The minimum absolute atomic E-state index is 0.124. The van der Waals surface area contributed by atoms with Gasteiger partial charge in [-0.3, -0.25) is 4.79 Å². The maximum absolute atomic E-state index is 10.7. The molecule has 0 unspecified atom stereocenters. The van der Waals surface area contributed by atoms with Gasteiger partial charge in [0.25, 0.3) is 0 Å². The van der Waals surface area contributed by atoms with Crippen LogP contribution in [-0.4, -0.2) is 15.6 Å². The standard InChI is InChI=1S/C15H15NO2/c1-4-11-6-5-7-13-15(11)12(8-9-14(17)18)10(2)16(13)3/h1,5-7H,8-9H2,2-3H3,(H,17,18). The van der Waals surface area contributed by atoms with Crippen LogP contribution in [0, 0.1) is 19.3 Å². The van der Waals surface area contributed by atoms with Crippen LogP contribution in [0.1, 0.15) is 23.2 Å². The Morgan fingerprint density at radius 3 is 2.83 bits per heavy atom. The molecular weight excluding hydrogens is 226 g/mol. The Labute approximate surface area is 106 Å². The van der Waals surface area contributed by atoms with E-state index in [0.717, 1.165) is 27.7 Å². The zero-order valence-electron chi connectivity index (χ0n) is 10.5. The SMILES string of the molecule is C#Cc1cccc2c1c(CCC(=O)O)c(C)n2C. The Morgan fingerprint density at radius 2 is 2.22 bits per heavy atom. The number of aryl methyl sites for hydroxylation is 2. The van der Waals surface area contributed by atoms with Crippen molar-refractivity contribution in [3.63, 3.8) is 0 Å². The largest absolute Gasteiger partial charge is 0.481 e. The summed E-state index contributed by atoms with van der Waals surface area (Å²) >= 11 is 0. The second kappa shape index (κ2) is 4.58. The molecule has 0 amide bonds. The quantitative estimate of drug-likeness (QED) is 0.839. The number of nitrogens with zero attached hydrogens (tertiary/aromatic N) is 1. The fourth-order valence-corrected chi connectivity index (χ4v) is 2.36. The van der Waals surface area contributed by atoms with E-state index in [0.29, 0.717) is 6.42 Å². The van der Waals surface area contributed by atoms with Crippen LogP contribution in [0.4, 0.5) is 0 Å². The number of hydrogen-bond acceptors (Lipinski definition) is 1. The molecule has 2 aromatic rings. The van der Waals surface area contributed by atoms with Gasteiger partial charge in [0.1, 0.15) is 0 Å². The maximum atomic E-state index is 10.7. The zero-order chi connectivity index (χ0) is 13.3. The van der Waals surface area contributed by atoms with E-state index in [-0.39, 0.29) is 6.42 Å². The number of terminal acetylenes is 1. The lowest BCUT2D eigenvalue weighted by Crippen LogP contribution is -1.99. The van der Waals surface area contributed by atoms with Gasteiger partial charge in [-0.15, -0.1) is 6.42 Å². The summed E-state index contributed by atoms with van der Waals surface area (Å²) < 4.78 is 2.06. The molecule has 0 radical (unpaired) electrons. The van der Waals surface area contributed by atoms with Crippen molar-refractivity contribution in [2.75, 3.05) is 0 Å². The van der Waals surface area contributed by atoms with Crippen molar-refractivity contribution in [3.05, 3.63) is 35.0 Å². The highest BCUT2D eigenvalue weighted by Crippen LogP contribution is 2.28. The molecule has 1 heterocycles. The summed E-state index contributed by atoms with van der Waals surface area (Å²) in [5.74, 6) is 1.89. The Hall–Kier alpha value is -2.21. The number of fused-ring (bicyclic) bond motifs is 1. The van der Waals surface area contributed by atoms with Gasteiger partial charge in [0, 0.05) is 35.6 Å². The molecular formula is C15H15NO2. The number of rotatable bonds is 3. The van der Waals surface area contributed by atoms with Crippen LogP contribution >= 0.6 is 0 Å². The molecule has 3 nitrogen and oxygen atoms in total. The number of carboxylic acid groups (broad SMARTS) is 1. The molecule has 0 aliphatic heterocycles. The van der Waals surface area contributed by atoms with E-state index in [9.17, 15) is 4.79 Å². The molecule has 0 saturated heterocycles. The van der Waals surface area contributed by atoms with E-state index in [1.165, 1.54) is 0 Å². The van der Waals surface area contributed by atoms with Crippen molar-refractivity contribution in [3.8, 4) is 12.3 Å². The maximum Gasteiger partial charge on any atom is 0.303 e. The van der Waals surface area contributed by atoms with Gasteiger partial charge in [-0.1, -0.05) is 12.0 Å². The molecule has 1 aromatic carbocycles. The first-order valence-corrected chi connectivity index (χ1v) is 5.81. The molecule has 3 heteroatoms. The number of carbonyl (C=O) groups is 1. The lowest BCUT2D eigenvalue weighted by atomic mass is 10.0. The average molecular weight is 241 g/mol. The number of benzene rings is 1. The number of aromatic nitrogens is 1. The van der Waals surface area contributed by atoms with Gasteiger partial charge in [-0.2, -0.15) is 0 Å². The Balaban J connectivity index is 2.67. The lowest BCUT2D eigenvalue weighted by Gasteiger charge is -2.01. The van der Waals surface area contributed by atoms with Gasteiger partial charge in [0.15, 0.2) is 0 Å². The molecule has 2 rings (SSSR count). The molecule has 1 aromatic heterocycles. The normalized spacial score (nSPS) is 10.5. The van der Waals surface area contributed by atoms with Crippen LogP contribution < -0.4 is 0 Å². The third-order valence-corrected chi connectivity index (χ3v) is 3.39. The van der Waals surface area contributed by atoms with E-state index >= 15 is 0 Å². The molecule has 92 valence electrons. The summed E-state index contributed by atoms with van der Waals surface area (Å²) in [5.41, 5.74) is 4.01. The van der Waals surface area contributed by atoms with Crippen LogP contribution in [0.25, 0.3) is 10.9 Å². The van der Waals surface area contributed by atoms with E-state index in [2.05, 4.69) is 10.5 Å². The van der Waals surface area contributed by atoms with Gasteiger partial charge < -0.3 is 9.67 Å². The average Bonchev–Trinajstić information content (AvgIpc) is 2.60. The molecule has 0 atom stereocenters. The van der Waals surface area contributed by atoms with Gasteiger partial charge in [-0.25, -0.2) is 0 Å². The monoisotopic (exact) mass is 241 g/mol. The van der Waals surface area contributed by atoms with Gasteiger partial charge in [0.2, 0.25) is 0 Å². The first kappa shape index (κ1) is 12.3. The highest BCUT2D eigenvalue weighted by Gasteiger charge is 2.15. The molecule has 18 heavy (non-hydrogen) atoms. The number of carboxylic acids is 1. The van der Waals surface area contributed by atoms with Crippen molar-refractivity contribution in [2.24, 2.45) is 7.05 Å². The minimum atomic E-state index is -0.787. The summed E-state index contributed by atoms with van der Waals surface area (Å²) in [6.07, 6.45) is 6.16. The van der Waals surface area contributed by atoms with Crippen LogP contribution in [-0.2, 0) is 18.3 Å². The number of aliphatic carboxylic acids is 1. The van der Waals surface area contributed by atoms with Crippen molar-refractivity contribution >= 4 is 16.9 Å². The van der Waals surface area contributed by atoms with Crippen molar-refractivity contribution in [1.82, 2.24) is 4.57 Å².